The highest BCUT2D eigenvalue weighted by molar-refractivity contribution is 8.14. The number of amidine groups is 1. The van der Waals surface area contributed by atoms with Crippen LogP contribution in [0, 0.1) is 0 Å². The van der Waals surface area contributed by atoms with Crippen LogP contribution in [0.25, 0.3) is 0 Å². The van der Waals surface area contributed by atoms with Crippen LogP contribution in [-0.2, 0) is 0 Å². The molecule has 0 saturated carbocycles. The van der Waals surface area contributed by atoms with E-state index >= 15 is 0 Å². The maximum absolute atomic E-state index is 12.8. The van der Waals surface area contributed by atoms with E-state index in [1.165, 1.54) is 11.3 Å². The van der Waals surface area contributed by atoms with Crippen molar-refractivity contribution in [3.8, 4) is 0 Å². The van der Waals surface area contributed by atoms with E-state index in [2.05, 4.69) is 11.9 Å². The molecule has 0 bridgehead atoms. The molecule has 21 heavy (non-hydrogen) atoms. The third-order valence-corrected chi connectivity index (χ3v) is 5.30. The summed E-state index contributed by atoms with van der Waals surface area (Å²) in [5.41, 5.74) is 0.790. The lowest BCUT2D eigenvalue weighted by molar-refractivity contribution is 0.101. The van der Waals surface area contributed by atoms with E-state index in [9.17, 15) is 4.79 Å². The summed E-state index contributed by atoms with van der Waals surface area (Å²) < 4.78 is 0. The van der Waals surface area contributed by atoms with Gasteiger partial charge in [-0.25, -0.2) is 0 Å². The molecule has 1 aliphatic rings. The molecule has 6 heteroatoms. The standard InChI is InChI=1S/C15H13ClN2OS2/c1-10-9-21-15(17-10)18(12-6-4-11(16)5-7-12)14(19)13-3-2-8-20-13/h2-8,10H,9H2,1H3. The predicted octanol–water partition coefficient (Wildman–Crippen LogP) is 4.54. The monoisotopic (exact) mass is 336 g/mol. The first-order valence-electron chi connectivity index (χ1n) is 6.49. The van der Waals surface area contributed by atoms with Gasteiger partial charge in [0.05, 0.1) is 16.6 Å². The number of anilines is 1. The second-order valence-corrected chi connectivity index (χ2v) is 7.04. The van der Waals surface area contributed by atoms with Gasteiger partial charge in [0.2, 0.25) is 0 Å². The Morgan fingerprint density at radius 2 is 2.10 bits per heavy atom. The number of aliphatic imine (C=N–C) groups is 1. The molecule has 1 aliphatic heterocycles. The van der Waals surface area contributed by atoms with E-state index in [0.717, 1.165) is 16.6 Å². The zero-order valence-electron chi connectivity index (χ0n) is 11.3. The molecule has 2 heterocycles. The van der Waals surface area contributed by atoms with Crippen LogP contribution in [0.2, 0.25) is 5.02 Å². The van der Waals surface area contributed by atoms with E-state index in [1.54, 1.807) is 28.8 Å². The fraction of sp³-hybridized carbons (Fsp3) is 0.200. The van der Waals surface area contributed by atoms with Crippen molar-refractivity contribution in [1.29, 1.82) is 0 Å². The number of halogens is 1. The van der Waals surface area contributed by atoms with Crippen LogP contribution in [-0.4, -0.2) is 22.9 Å². The van der Waals surface area contributed by atoms with Crippen molar-refractivity contribution in [1.82, 2.24) is 0 Å². The Morgan fingerprint density at radius 3 is 2.67 bits per heavy atom. The van der Waals surface area contributed by atoms with Gasteiger partial charge in [0.15, 0.2) is 5.17 Å². The Kier molecular flexibility index (Phi) is 4.33. The van der Waals surface area contributed by atoms with Gasteiger partial charge in [-0.15, -0.1) is 11.3 Å². The maximum Gasteiger partial charge on any atom is 0.274 e. The van der Waals surface area contributed by atoms with Crippen LogP contribution in [0.1, 0.15) is 16.6 Å². The first-order chi connectivity index (χ1) is 10.1. The number of rotatable bonds is 2. The molecule has 1 amide bonds. The van der Waals surface area contributed by atoms with Crippen molar-refractivity contribution in [3.63, 3.8) is 0 Å². The fourth-order valence-electron chi connectivity index (χ4n) is 2.00. The molecule has 1 aromatic carbocycles. The van der Waals surface area contributed by atoms with Gasteiger partial charge in [-0.3, -0.25) is 14.7 Å². The minimum atomic E-state index is -0.0485. The third-order valence-electron chi connectivity index (χ3n) is 3.00. The second kappa shape index (κ2) is 6.22. The summed E-state index contributed by atoms with van der Waals surface area (Å²) in [5, 5.41) is 3.30. The average molecular weight is 337 g/mol. The van der Waals surface area contributed by atoms with Crippen molar-refractivity contribution >= 4 is 51.5 Å². The molecule has 3 rings (SSSR count). The zero-order chi connectivity index (χ0) is 14.8. The largest absolute Gasteiger partial charge is 0.274 e. The normalized spacial score (nSPS) is 17.6. The number of thioether (sulfide) groups is 1. The van der Waals surface area contributed by atoms with E-state index in [-0.39, 0.29) is 11.9 Å². The van der Waals surface area contributed by atoms with Gasteiger partial charge in [0.1, 0.15) is 0 Å². The molecule has 0 N–H and O–H groups in total. The van der Waals surface area contributed by atoms with Crippen molar-refractivity contribution in [2.75, 3.05) is 10.7 Å². The fourth-order valence-corrected chi connectivity index (χ4v) is 3.81. The third kappa shape index (κ3) is 3.15. The van der Waals surface area contributed by atoms with Gasteiger partial charge < -0.3 is 0 Å². The van der Waals surface area contributed by atoms with Crippen molar-refractivity contribution in [2.45, 2.75) is 13.0 Å². The molecular formula is C15H13ClN2OS2. The molecule has 0 saturated heterocycles. The number of hydrogen-bond acceptors (Lipinski definition) is 4. The first kappa shape index (κ1) is 14.6. The Labute approximate surface area is 136 Å². The van der Waals surface area contributed by atoms with Gasteiger partial charge >= 0.3 is 0 Å². The van der Waals surface area contributed by atoms with E-state index in [1.807, 2.05) is 29.6 Å². The molecule has 1 atom stereocenters. The van der Waals surface area contributed by atoms with Crippen LogP contribution in [0.4, 0.5) is 5.69 Å². The molecule has 1 unspecified atom stereocenters. The van der Waals surface area contributed by atoms with E-state index in [0.29, 0.717) is 9.90 Å². The molecule has 0 fully saturated rings. The van der Waals surface area contributed by atoms with Gasteiger partial charge in [-0.2, -0.15) is 0 Å². The summed E-state index contributed by atoms with van der Waals surface area (Å²) in [6, 6.07) is 11.2. The molecule has 3 nitrogen and oxygen atoms in total. The number of thiophene rings is 1. The van der Waals surface area contributed by atoms with Crippen LogP contribution < -0.4 is 4.90 Å². The first-order valence-corrected chi connectivity index (χ1v) is 8.73. The van der Waals surface area contributed by atoms with Gasteiger partial charge in [-0.1, -0.05) is 29.4 Å². The quantitative estimate of drug-likeness (QED) is 0.806. The van der Waals surface area contributed by atoms with Crippen LogP contribution in [0.15, 0.2) is 46.8 Å². The lowest BCUT2D eigenvalue weighted by atomic mass is 10.3. The second-order valence-electron chi connectivity index (χ2n) is 4.67. The number of hydrogen-bond donors (Lipinski definition) is 0. The average Bonchev–Trinajstić information content (AvgIpc) is 3.13. The van der Waals surface area contributed by atoms with Gasteiger partial charge in [0.25, 0.3) is 5.91 Å². The number of carbonyl (C=O) groups excluding carboxylic acids is 1. The summed E-state index contributed by atoms with van der Waals surface area (Å²) >= 11 is 8.99. The summed E-state index contributed by atoms with van der Waals surface area (Å²) in [6.45, 7) is 2.05. The van der Waals surface area contributed by atoms with Gasteiger partial charge in [-0.05, 0) is 42.6 Å². The van der Waals surface area contributed by atoms with E-state index < -0.39 is 0 Å². The lowest BCUT2D eigenvalue weighted by Crippen LogP contribution is -2.34. The molecule has 108 valence electrons. The minimum absolute atomic E-state index is 0.0485. The van der Waals surface area contributed by atoms with Crippen molar-refractivity contribution < 1.29 is 4.79 Å². The topological polar surface area (TPSA) is 32.7 Å². The molecular weight excluding hydrogens is 324 g/mol. The Morgan fingerprint density at radius 1 is 1.33 bits per heavy atom. The summed E-state index contributed by atoms with van der Waals surface area (Å²) in [5.74, 6) is 0.851. The molecule has 2 aromatic rings. The number of nitrogens with zero attached hydrogens (tertiary/aromatic N) is 2. The molecule has 0 radical (unpaired) electrons. The molecule has 0 spiro atoms. The SMILES string of the molecule is CC1CSC(N(C(=O)c2cccs2)c2ccc(Cl)cc2)=N1. The van der Waals surface area contributed by atoms with E-state index in [4.69, 9.17) is 11.6 Å². The number of carbonyl (C=O) groups is 1. The summed E-state index contributed by atoms with van der Waals surface area (Å²) in [6.07, 6.45) is 0. The van der Waals surface area contributed by atoms with Crippen LogP contribution >= 0.6 is 34.7 Å². The van der Waals surface area contributed by atoms with Gasteiger partial charge in [0, 0.05) is 10.8 Å². The lowest BCUT2D eigenvalue weighted by Gasteiger charge is -2.21. The van der Waals surface area contributed by atoms with Crippen LogP contribution in [0.3, 0.4) is 0 Å². The zero-order valence-corrected chi connectivity index (χ0v) is 13.7. The molecule has 0 aliphatic carbocycles. The number of amides is 1. The molecule has 1 aromatic heterocycles. The summed E-state index contributed by atoms with van der Waals surface area (Å²) in [4.78, 5) is 19.7. The maximum atomic E-state index is 12.8. The Bertz CT molecular complexity index is 667. The van der Waals surface area contributed by atoms with Crippen molar-refractivity contribution in [2.24, 2.45) is 4.99 Å². The Balaban J connectivity index is 2.01. The van der Waals surface area contributed by atoms with Crippen molar-refractivity contribution in [3.05, 3.63) is 51.7 Å². The smallest absolute Gasteiger partial charge is 0.267 e. The summed E-state index contributed by atoms with van der Waals surface area (Å²) in [7, 11) is 0. The minimum Gasteiger partial charge on any atom is -0.267 e. The highest BCUT2D eigenvalue weighted by atomic mass is 35.5. The number of benzene rings is 1. The predicted molar refractivity (Wildman–Crippen MR) is 91.9 cm³/mol. The Hall–Kier alpha value is -1.30. The highest BCUT2D eigenvalue weighted by Gasteiger charge is 2.28. The van der Waals surface area contributed by atoms with Crippen LogP contribution in [0.5, 0.6) is 0 Å². The highest BCUT2D eigenvalue weighted by Crippen LogP contribution is 2.29.